The summed E-state index contributed by atoms with van der Waals surface area (Å²) in [5.41, 5.74) is 8.46. The predicted molar refractivity (Wildman–Crippen MR) is 126 cm³/mol. The number of allylic oxidation sites excluding steroid dienone is 3. The van der Waals surface area contributed by atoms with Gasteiger partial charge in [0.15, 0.2) is 0 Å². The lowest BCUT2D eigenvalue weighted by Crippen LogP contribution is -2.28. The van der Waals surface area contributed by atoms with Gasteiger partial charge in [0.25, 0.3) is 0 Å². The molecule has 8 nitrogen and oxygen atoms in total. The summed E-state index contributed by atoms with van der Waals surface area (Å²) in [7, 11) is 1.74. The van der Waals surface area contributed by atoms with Crippen LogP contribution >= 0.6 is 11.3 Å². The van der Waals surface area contributed by atoms with Crippen LogP contribution in [0.3, 0.4) is 0 Å². The number of nitrogens with two attached hydrogens (primary N) is 1. The molecule has 0 radical (unpaired) electrons. The van der Waals surface area contributed by atoms with Crippen LogP contribution in [0.4, 0.5) is 0 Å². The SMILES string of the molecule is CN/C=C(\C=C/C=O)CNC(=O)C1=C(C=N)c2sc(CC(=N)/C=C\N)nc2C(C)CC1. The Labute approximate surface area is 186 Å². The maximum absolute atomic E-state index is 13.0. The molecule has 6 N–H and O–H groups in total. The van der Waals surface area contributed by atoms with Gasteiger partial charge in [-0.1, -0.05) is 13.0 Å². The molecule has 1 amide bonds. The van der Waals surface area contributed by atoms with Gasteiger partial charge in [-0.15, -0.1) is 11.3 Å². The molecule has 2 rings (SSSR count). The van der Waals surface area contributed by atoms with Gasteiger partial charge in [-0.05, 0) is 36.8 Å². The summed E-state index contributed by atoms with van der Waals surface area (Å²) in [5.74, 6) is -0.108. The summed E-state index contributed by atoms with van der Waals surface area (Å²) >= 11 is 1.42. The Kier molecular flexibility index (Phi) is 9.08. The van der Waals surface area contributed by atoms with Crippen molar-refractivity contribution >= 4 is 41.0 Å². The number of hydrogen-bond donors (Lipinski definition) is 5. The van der Waals surface area contributed by atoms with E-state index in [0.29, 0.717) is 36.0 Å². The first-order chi connectivity index (χ1) is 14.9. The van der Waals surface area contributed by atoms with Gasteiger partial charge < -0.3 is 27.2 Å². The van der Waals surface area contributed by atoms with Gasteiger partial charge in [-0.25, -0.2) is 4.98 Å². The van der Waals surface area contributed by atoms with E-state index in [9.17, 15) is 9.59 Å². The minimum Gasteiger partial charge on any atom is -0.405 e. The highest BCUT2D eigenvalue weighted by Crippen LogP contribution is 2.39. The highest BCUT2D eigenvalue weighted by Gasteiger charge is 2.28. The van der Waals surface area contributed by atoms with Crippen LogP contribution in [0.25, 0.3) is 5.57 Å². The topological polar surface area (TPSA) is 145 Å². The number of fused-ring (bicyclic) bond motifs is 1. The normalized spacial score (nSPS) is 16.8. The maximum Gasteiger partial charge on any atom is 0.248 e. The van der Waals surface area contributed by atoms with Gasteiger partial charge in [-0.3, -0.25) is 9.59 Å². The molecule has 1 aromatic heterocycles. The highest BCUT2D eigenvalue weighted by molar-refractivity contribution is 7.13. The second kappa shape index (κ2) is 11.8. The van der Waals surface area contributed by atoms with Crippen molar-refractivity contribution in [3.63, 3.8) is 0 Å². The van der Waals surface area contributed by atoms with Crippen molar-refractivity contribution in [3.05, 3.63) is 57.4 Å². The van der Waals surface area contributed by atoms with E-state index >= 15 is 0 Å². The average Bonchev–Trinajstić information content (AvgIpc) is 3.10. The molecule has 0 saturated carbocycles. The number of aromatic nitrogens is 1. The molecule has 0 spiro atoms. The first-order valence-electron chi connectivity index (χ1n) is 9.90. The van der Waals surface area contributed by atoms with E-state index in [1.807, 2.05) is 0 Å². The molecule has 1 atom stereocenters. The summed E-state index contributed by atoms with van der Waals surface area (Å²) in [6.07, 6.45) is 11.1. The van der Waals surface area contributed by atoms with Gasteiger partial charge in [-0.2, -0.15) is 0 Å². The number of amides is 1. The number of carbonyl (C=O) groups is 2. The summed E-state index contributed by atoms with van der Waals surface area (Å²) in [4.78, 5) is 29.1. The molecule has 164 valence electrons. The summed E-state index contributed by atoms with van der Waals surface area (Å²) in [6.45, 7) is 2.31. The Hall–Kier alpha value is -3.33. The average molecular weight is 441 g/mol. The van der Waals surface area contributed by atoms with Crippen LogP contribution in [0, 0.1) is 10.8 Å². The van der Waals surface area contributed by atoms with E-state index in [1.54, 1.807) is 19.3 Å². The zero-order valence-electron chi connectivity index (χ0n) is 17.7. The molecule has 0 fully saturated rings. The van der Waals surface area contributed by atoms with Gasteiger partial charge in [0.2, 0.25) is 5.91 Å². The fraction of sp³-hybridized carbons (Fsp3) is 0.318. The largest absolute Gasteiger partial charge is 0.405 e. The van der Waals surface area contributed by atoms with Crippen LogP contribution in [0.2, 0.25) is 0 Å². The van der Waals surface area contributed by atoms with E-state index in [1.165, 1.54) is 35.9 Å². The molecule has 1 unspecified atom stereocenters. The van der Waals surface area contributed by atoms with Crippen LogP contribution < -0.4 is 16.4 Å². The standard InChI is InChI=1S/C22H28N6O2S/c1-14-5-6-17(22(30)27-13-15(12-26-2)4-3-9-29)18(11-24)21-20(14)28-19(31-21)10-16(25)7-8-23/h3-4,7-9,11-12,14,24-26H,5-6,10,13,23H2,1-2H3,(H,27,30)/b4-3-,8-7-,15-12+,24-11?,25-16?. The Morgan fingerprint density at radius 2 is 2.16 bits per heavy atom. The Morgan fingerprint density at radius 3 is 2.81 bits per heavy atom. The number of carbonyl (C=O) groups excluding carboxylic acids is 2. The molecule has 31 heavy (non-hydrogen) atoms. The second-order valence-corrected chi connectivity index (χ2v) is 8.13. The zero-order chi connectivity index (χ0) is 22.8. The molecule has 0 bridgehead atoms. The van der Waals surface area contributed by atoms with Crippen molar-refractivity contribution < 1.29 is 9.59 Å². The number of hydrogen-bond acceptors (Lipinski definition) is 8. The molecule has 1 aliphatic rings. The molecule has 1 aromatic rings. The minimum atomic E-state index is -0.242. The van der Waals surface area contributed by atoms with E-state index in [0.717, 1.165) is 27.6 Å². The lowest BCUT2D eigenvalue weighted by atomic mass is 10.0. The number of rotatable bonds is 10. The van der Waals surface area contributed by atoms with Gasteiger partial charge in [0, 0.05) is 55.2 Å². The van der Waals surface area contributed by atoms with E-state index in [-0.39, 0.29) is 18.4 Å². The first kappa shape index (κ1) is 23.9. The van der Waals surface area contributed by atoms with Crippen LogP contribution in [-0.4, -0.2) is 42.7 Å². The summed E-state index contributed by atoms with van der Waals surface area (Å²) in [5, 5.41) is 22.5. The van der Waals surface area contributed by atoms with Crippen molar-refractivity contribution in [2.24, 2.45) is 5.73 Å². The quantitative estimate of drug-likeness (QED) is 0.164. The van der Waals surface area contributed by atoms with Crippen molar-refractivity contribution in [1.29, 1.82) is 10.8 Å². The van der Waals surface area contributed by atoms with Gasteiger partial charge in [0.1, 0.15) is 6.29 Å². The van der Waals surface area contributed by atoms with E-state index in [4.69, 9.17) is 21.5 Å². The van der Waals surface area contributed by atoms with Crippen LogP contribution in [0.15, 0.2) is 41.8 Å². The number of nitrogens with zero attached hydrogens (tertiary/aromatic N) is 1. The van der Waals surface area contributed by atoms with Gasteiger partial charge >= 0.3 is 0 Å². The summed E-state index contributed by atoms with van der Waals surface area (Å²) in [6, 6.07) is 0. The maximum atomic E-state index is 13.0. The fourth-order valence-electron chi connectivity index (χ4n) is 3.27. The summed E-state index contributed by atoms with van der Waals surface area (Å²) < 4.78 is 0. The van der Waals surface area contributed by atoms with Crippen molar-refractivity contribution in [1.82, 2.24) is 15.6 Å². The van der Waals surface area contributed by atoms with Crippen LogP contribution in [0.1, 0.15) is 41.3 Å². The van der Waals surface area contributed by atoms with Crippen molar-refractivity contribution in [2.45, 2.75) is 32.1 Å². The third-order valence-corrected chi connectivity index (χ3v) is 5.90. The third kappa shape index (κ3) is 6.32. The molecule has 0 aliphatic heterocycles. The minimum absolute atomic E-state index is 0.134. The van der Waals surface area contributed by atoms with Crippen molar-refractivity contribution in [2.75, 3.05) is 13.6 Å². The zero-order valence-corrected chi connectivity index (χ0v) is 18.5. The van der Waals surface area contributed by atoms with Crippen LogP contribution in [0.5, 0.6) is 0 Å². The molecule has 1 aliphatic carbocycles. The van der Waals surface area contributed by atoms with Crippen LogP contribution in [-0.2, 0) is 16.0 Å². The molecule has 0 saturated heterocycles. The lowest BCUT2D eigenvalue weighted by molar-refractivity contribution is -0.117. The van der Waals surface area contributed by atoms with E-state index < -0.39 is 0 Å². The molecule has 9 heteroatoms. The molecule has 1 heterocycles. The molecule has 0 aromatic carbocycles. The Bertz CT molecular complexity index is 971. The smallest absolute Gasteiger partial charge is 0.248 e. The number of nitrogens with one attached hydrogen (secondary N) is 4. The first-order valence-corrected chi connectivity index (χ1v) is 10.7. The number of aldehydes is 1. The molecular weight excluding hydrogens is 412 g/mol. The third-order valence-electron chi connectivity index (χ3n) is 4.79. The number of thiazole rings is 1. The monoisotopic (exact) mass is 440 g/mol. The lowest BCUT2D eigenvalue weighted by Gasteiger charge is -2.11. The predicted octanol–water partition coefficient (Wildman–Crippen LogP) is 2.45. The second-order valence-electron chi connectivity index (χ2n) is 7.05. The Morgan fingerprint density at radius 1 is 1.39 bits per heavy atom. The highest BCUT2D eigenvalue weighted by atomic mass is 32.1. The molecular formula is C22H28N6O2S. The Balaban J connectivity index is 2.33. The fourth-order valence-corrected chi connectivity index (χ4v) is 4.52. The van der Waals surface area contributed by atoms with E-state index in [2.05, 4.69) is 17.6 Å². The van der Waals surface area contributed by atoms with Gasteiger partial charge in [0.05, 0.1) is 15.6 Å². The van der Waals surface area contributed by atoms with Crippen molar-refractivity contribution in [3.8, 4) is 0 Å².